The van der Waals surface area contributed by atoms with Crippen LogP contribution < -0.4 is 10.2 Å². The van der Waals surface area contributed by atoms with Crippen LogP contribution in [0.2, 0.25) is 0 Å². The van der Waals surface area contributed by atoms with Gasteiger partial charge in [-0.1, -0.05) is 41.8 Å². The number of carbonyl (C=O) groups excluding carboxylic acids is 1. The molecule has 4 nitrogen and oxygen atoms in total. The van der Waals surface area contributed by atoms with Crippen LogP contribution in [0.1, 0.15) is 11.1 Å². The highest BCUT2D eigenvalue weighted by molar-refractivity contribution is 5.82. The highest BCUT2D eigenvalue weighted by atomic mass is 16.5. The molecule has 0 bridgehead atoms. The number of ether oxygens (including phenoxy) is 1. The predicted molar refractivity (Wildman–Crippen MR) is 86.6 cm³/mol. The summed E-state index contributed by atoms with van der Waals surface area (Å²) in [5, 5.41) is 3.73. The van der Waals surface area contributed by atoms with Crippen molar-refractivity contribution in [2.45, 2.75) is 6.92 Å². The smallest absolute Gasteiger partial charge is 0.277 e. The van der Waals surface area contributed by atoms with Crippen molar-refractivity contribution in [1.82, 2.24) is 5.43 Å². The number of rotatable bonds is 4. The van der Waals surface area contributed by atoms with E-state index in [0.29, 0.717) is 5.75 Å². The highest BCUT2D eigenvalue weighted by Gasteiger charge is 2.00. The summed E-state index contributed by atoms with van der Waals surface area (Å²) in [5.74, 6) is 5.95. The van der Waals surface area contributed by atoms with Gasteiger partial charge in [-0.3, -0.25) is 4.79 Å². The third-order valence-corrected chi connectivity index (χ3v) is 2.70. The van der Waals surface area contributed by atoms with Crippen LogP contribution >= 0.6 is 0 Å². The van der Waals surface area contributed by atoms with Gasteiger partial charge in [0.1, 0.15) is 5.75 Å². The Morgan fingerprint density at radius 2 is 1.91 bits per heavy atom. The summed E-state index contributed by atoms with van der Waals surface area (Å²) in [6, 6.07) is 17.0. The van der Waals surface area contributed by atoms with Gasteiger partial charge >= 0.3 is 0 Å². The van der Waals surface area contributed by atoms with E-state index in [1.165, 1.54) is 6.21 Å². The summed E-state index contributed by atoms with van der Waals surface area (Å²) in [4.78, 5) is 11.5. The van der Waals surface area contributed by atoms with E-state index < -0.39 is 0 Å². The lowest BCUT2D eigenvalue weighted by Crippen LogP contribution is -2.24. The van der Waals surface area contributed by atoms with Crippen molar-refractivity contribution in [2.75, 3.05) is 6.61 Å². The first-order chi connectivity index (χ1) is 10.7. The van der Waals surface area contributed by atoms with Gasteiger partial charge in [-0.15, -0.1) is 0 Å². The Hall–Kier alpha value is -3.06. The SMILES string of the molecule is Cc1ccc(OCC(=O)NN=CC#Cc2ccccc2)cc1. The molecule has 0 aliphatic carbocycles. The first-order valence-corrected chi connectivity index (χ1v) is 6.80. The average molecular weight is 292 g/mol. The molecule has 1 N–H and O–H groups in total. The summed E-state index contributed by atoms with van der Waals surface area (Å²) in [5.41, 5.74) is 4.38. The van der Waals surface area contributed by atoms with Crippen molar-refractivity contribution < 1.29 is 9.53 Å². The molecule has 0 fully saturated rings. The van der Waals surface area contributed by atoms with Crippen LogP contribution in [0.25, 0.3) is 0 Å². The monoisotopic (exact) mass is 292 g/mol. The molecule has 4 heteroatoms. The number of hydrogen-bond acceptors (Lipinski definition) is 3. The van der Waals surface area contributed by atoms with E-state index in [1.807, 2.05) is 61.5 Å². The van der Waals surface area contributed by atoms with Crippen molar-refractivity contribution in [3.63, 3.8) is 0 Å². The van der Waals surface area contributed by atoms with Crippen molar-refractivity contribution in [2.24, 2.45) is 5.10 Å². The van der Waals surface area contributed by atoms with Gasteiger partial charge in [0.2, 0.25) is 0 Å². The van der Waals surface area contributed by atoms with Gasteiger partial charge in [-0.25, -0.2) is 5.43 Å². The van der Waals surface area contributed by atoms with Crippen LogP contribution in [0.3, 0.4) is 0 Å². The summed E-state index contributed by atoms with van der Waals surface area (Å²) >= 11 is 0. The molecule has 0 radical (unpaired) electrons. The molecule has 0 heterocycles. The van der Waals surface area contributed by atoms with Gasteiger partial charge in [0.25, 0.3) is 5.91 Å². The fourth-order valence-corrected chi connectivity index (χ4v) is 1.59. The Bertz CT molecular complexity index is 695. The molecule has 0 atom stereocenters. The van der Waals surface area contributed by atoms with Crippen LogP contribution in [0, 0.1) is 18.8 Å². The molecule has 2 aromatic rings. The van der Waals surface area contributed by atoms with Gasteiger partial charge in [-0.2, -0.15) is 5.10 Å². The minimum absolute atomic E-state index is 0.0908. The first-order valence-electron chi connectivity index (χ1n) is 6.80. The summed E-state index contributed by atoms with van der Waals surface area (Å²) < 4.78 is 5.33. The largest absolute Gasteiger partial charge is 0.484 e. The Morgan fingerprint density at radius 3 is 2.64 bits per heavy atom. The normalized spacial score (nSPS) is 9.86. The fraction of sp³-hybridized carbons (Fsp3) is 0.111. The number of carbonyl (C=O) groups is 1. The second-order valence-electron chi connectivity index (χ2n) is 4.53. The molecule has 0 saturated carbocycles. The molecule has 2 rings (SSSR count). The van der Waals surface area contributed by atoms with Crippen molar-refractivity contribution in [3.8, 4) is 17.6 Å². The van der Waals surface area contributed by atoms with Crippen molar-refractivity contribution in [3.05, 3.63) is 65.7 Å². The van der Waals surface area contributed by atoms with Crippen LogP contribution in [-0.2, 0) is 4.79 Å². The molecule has 0 spiro atoms. The van der Waals surface area contributed by atoms with Gasteiger partial charge in [-0.05, 0) is 37.1 Å². The van der Waals surface area contributed by atoms with Crippen LogP contribution in [-0.4, -0.2) is 18.7 Å². The lowest BCUT2D eigenvalue weighted by Gasteiger charge is -2.04. The Labute approximate surface area is 129 Å². The average Bonchev–Trinajstić information content (AvgIpc) is 2.55. The summed E-state index contributed by atoms with van der Waals surface area (Å²) in [6.45, 7) is 1.90. The molecule has 0 aliphatic rings. The van der Waals surface area contributed by atoms with E-state index in [-0.39, 0.29) is 12.5 Å². The number of hydrazone groups is 1. The van der Waals surface area contributed by atoms with Crippen LogP contribution in [0.4, 0.5) is 0 Å². The zero-order valence-electron chi connectivity index (χ0n) is 12.2. The lowest BCUT2D eigenvalue weighted by atomic mass is 10.2. The van der Waals surface area contributed by atoms with E-state index >= 15 is 0 Å². The minimum Gasteiger partial charge on any atom is -0.484 e. The lowest BCUT2D eigenvalue weighted by molar-refractivity contribution is -0.123. The molecular weight excluding hydrogens is 276 g/mol. The van der Waals surface area contributed by atoms with E-state index in [2.05, 4.69) is 22.4 Å². The Balaban J connectivity index is 1.72. The fourth-order valence-electron chi connectivity index (χ4n) is 1.59. The quantitative estimate of drug-likeness (QED) is 0.535. The molecule has 22 heavy (non-hydrogen) atoms. The minimum atomic E-state index is -0.335. The van der Waals surface area contributed by atoms with Gasteiger partial charge in [0.15, 0.2) is 6.61 Å². The molecule has 0 saturated heterocycles. The van der Waals surface area contributed by atoms with Gasteiger partial charge in [0, 0.05) is 5.56 Å². The predicted octanol–water partition coefficient (Wildman–Crippen LogP) is 2.53. The van der Waals surface area contributed by atoms with Gasteiger partial charge < -0.3 is 4.74 Å². The maximum Gasteiger partial charge on any atom is 0.277 e. The molecular formula is C18H16N2O2. The number of nitrogens with zero attached hydrogens (tertiary/aromatic N) is 1. The number of aryl methyl sites for hydroxylation is 1. The number of amides is 1. The molecule has 0 unspecified atom stereocenters. The standard InChI is InChI=1S/C18H16N2O2/c1-15-9-11-17(12-10-15)22-14-18(21)20-19-13-5-8-16-6-3-2-4-7-16/h2-4,6-7,9-13H,14H2,1H3,(H,20,21). The van der Waals surface area contributed by atoms with E-state index in [4.69, 9.17) is 4.74 Å². The number of hydrogen-bond donors (Lipinski definition) is 1. The van der Waals surface area contributed by atoms with Crippen molar-refractivity contribution in [1.29, 1.82) is 0 Å². The second kappa shape index (κ2) is 8.28. The van der Waals surface area contributed by atoms with E-state index in [1.54, 1.807) is 0 Å². The molecule has 1 amide bonds. The second-order valence-corrected chi connectivity index (χ2v) is 4.53. The zero-order chi connectivity index (χ0) is 15.6. The third kappa shape index (κ3) is 5.51. The molecule has 2 aromatic carbocycles. The maximum atomic E-state index is 11.5. The topological polar surface area (TPSA) is 50.7 Å². The molecule has 0 aliphatic heterocycles. The summed E-state index contributed by atoms with van der Waals surface area (Å²) in [6.07, 6.45) is 1.34. The summed E-state index contributed by atoms with van der Waals surface area (Å²) in [7, 11) is 0. The molecule has 110 valence electrons. The first kappa shape index (κ1) is 15.3. The zero-order valence-corrected chi connectivity index (χ0v) is 12.2. The van der Waals surface area contributed by atoms with E-state index in [0.717, 1.165) is 11.1 Å². The van der Waals surface area contributed by atoms with Crippen molar-refractivity contribution >= 4 is 12.1 Å². The molecule has 0 aromatic heterocycles. The van der Waals surface area contributed by atoms with Gasteiger partial charge in [0.05, 0.1) is 6.21 Å². The Kier molecular flexibility index (Phi) is 5.77. The maximum absolute atomic E-state index is 11.5. The van der Waals surface area contributed by atoms with Crippen LogP contribution in [0.5, 0.6) is 5.75 Å². The van der Waals surface area contributed by atoms with E-state index in [9.17, 15) is 4.79 Å². The number of benzene rings is 2. The third-order valence-electron chi connectivity index (χ3n) is 2.70. The highest BCUT2D eigenvalue weighted by Crippen LogP contribution is 2.10. The van der Waals surface area contributed by atoms with Crippen LogP contribution in [0.15, 0.2) is 59.7 Å². The number of nitrogens with one attached hydrogen (secondary N) is 1. The Morgan fingerprint density at radius 1 is 1.18 bits per heavy atom.